The Morgan fingerprint density at radius 2 is 1.71 bits per heavy atom. The largest absolute Gasteiger partial charge is 0.507 e. The predicted molar refractivity (Wildman–Crippen MR) is 134 cm³/mol. The van der Waals surface area contributed by atoms with Crippen LogP contribution in [0, 0.1) is 6.92 Å². The van der Waals surface area contributed by atoms with Crippen LogP contribution in [-0.2, 0) is 20.9 Å². The normalized spacial score (nSPS) is 17.1. The van der Waals surface area contributed by atoms with E-state index < -0.39 is 17.7 Å². The molecule has 1 unspecified atom stereocenters. The van der Waals surface area contributed by atoms with Crippen LogP contribution < -0.4 is 4.74 Å². The second-order valence-corrected chi connectivity index (χ2v) is 8.55. The lowest BCUT2D eigenvalue weighted by Crippen LogP contribution is -2.31. The van der Waals surface area contributed by atoms with Crippen molar-refractivity contribution in [2.24, 2.45) is 0 Å². The number of Topliss-reactive ketones (excluding diaryl/α,β-unsaturated/α-hetero) is 1. The zero-order valence-corrected chi connectivity index (χ0v) is 19.9. The number of nitrogens with zero attached hydrogens (tertiary/aromatic N) is 1. The van der Waals surface area contributed by atoms with Gasteiger partial charge in [0, 0.05) is 25.8 Å². The number of amides is 1. The zero-order valence-electron chi connectivity index (χ0n) is 19.9. The molecule has 0 saturated carbocycles. The molecule has 1 aliphatic rings. The van der Waals surface area contributed by atoms with E-state index in [1.54, 1.807) is 19.2 Å². The maximum atomic E-state index is 13.1. The van der Waals surface area contributed by atoms with Crippen LogP contribution in [0.25, 0.3) is 5.76 Å². The molecule has 0 aromatic heterocycles. The van der Waals surface area contributed by atoms with Crippen LogP contribution in [0.15, 0.2) is 84.4 Å². The summed E-state index contributed by atoms with van der Waals surface area (Å²) >= 11 is 0. The standard InChI is InChI=1S/C29H29NO5/c1-20-12-14-22(15-13-20)27(31)25-26(30(16-7-17-34-2)29(33)28(25)32)23-10-6-11-24(18-23)35-19-21-8-4-3-5-9-21/h3-6,8-15,18,26,31H,7,16-17,19H2,1-2H3/b27-25-. The minimum absolute atomic E-state index is 0.0801. The number of likely N-dealkylation sites (tertiary alicyclic amines) is 1. The number of aliphatic hydroxyl groups is 1. The van der Waals surface area contributed by atoms with Gasteiger partial charge in [-0.25, -0.2) is 0 Å². The van der Waals surface area contributed by atoms with Crippen LogP contribution in [0.1, 0.15) is 34.7 Å². The molecule has 1 atom stereocenters. The Bertz CT molecular complexity index is 1220. The van der Waals surface area contributed by atoms with Crippen molar-refractivity contribution >= 4 is 17.4 Å². The van der Waals surface area contributed by atoms with Gasteiger partial charge in [-0.15, -0.1) is 0 Å². The van der Waals surface area contributed by atoms with Crippen LogP contribution in [0.5, 0.6) is 5.75 Å². The molecule has 3 aromatic rings. The highest BCUT2D eigenvalue weighted by Gasteiger charge is 2.45. The Kier molecular flexibility index (Phi) is 7.63. The van der Waals surface area contributed by atoms with Gasteiger partial charge in [0.2, 0.25) is 0 Å². The van der Waals surface area contributed by atoms with E-state index in [9.17, 15) is 14.7 Å². The Hall–Kier alpha value is -3.90. The van der Waals surface area contributed by atoms with Crippen molar-refractivity contribution in [2.45, 2.75) is 26.0 Å². The van der Waals surface area contributed by atoms with Gasteiger partial charge in [-0.2, -0.15) is 0 Å². The molecule has 6 heteroatoms. The number of hydrogen-bond donors (Lipinski definition) is 1. The quantitative estimate of drug-likeness (QED) is 0.205. The first-order valence-corrected chi connectivity index (χ1v) is 11.6. The first kappa shape index (κ1) is 24.2. The van der Waals surface area contributed by atoms with E-state index in [2.05, 4.69) is 0 Å². The monoisotopic (exact) mass is 471 g/mol. The van der Waals surface area contributed by atoms with E-state index in [0.29, 0.717) is 43.1 Å². The molecule has 6 nitrogen and oxygen atoms in total. The Morgan fingerprint density at radius 3 is 2.43 bits per heavy atom. The number of aliphatic hydroxyl groups excluding tert-OH is 1. The third-order valence-corrected chi connectivity index (χ3v) is 6.03. The van der Waals surface area contributed by atoms with Gasteiger partial charge in [0.1, 0.15) is 18.1 Å². The lowest BCUT2D eigenvalue weighted by molar-refractivity contribution is -0.140. The second kappa shape index (κ2) is 11.0. The fourth-order valence-corrected chi connectivity index (χ4v) is 4.22. The maximum Gasteiger partial charge on any atom is 0.295 e. The summed E-state index contributed by atoms with van der Waals surface area (Å²) in [5.74, 6) is -0.890. The molecule has 180 valence electrons. The molecule has 0 radical (unpaired) electrons. The van der Waals surface area contributed by atoms with Crippen molar-refractivity contribution in [1.82, 2.24) is 4.90 Å². The van der Waals surface area contributed by atoms with E-state index in [4.69, 9.17) is 9.47 Å². The number of rotatable bonds is 9. The Morgan fingerprint density at radius 1 is 0.971 bits per heavy atom. The lowest BCUT2D eigenvalue weighted by atomic mass is 9.95. The number of aryl methyl sites for hydroxylation is 1. The van der Waals surface area contributed by atoms with Gasteiger partial charge in [-0.05, 0) is 36.6 Å². The van der Waals surface area contributed by atoms with Gasteiger partial charge < -0.3 is 19.5 Å². The molecule has 0 aliphatic carbocycles. The smallest absolute Gasteiger partial charge is 0.295 e. The molecular formula is C29H29NO5. The van der Waals surface area contributed by atoms with Gasteiger partial charge >= 0.3 is 0 Å². The Balaban J connectivity index is 1.72. The maximum absolute atomic E-state index is 13.1. The fraction of sp³-hybridized carbons (Fsp3) is 0.241. The van der Waals surface area contributed by atoms with Crippen LogP contribution >= 0.6 is 0 Å². The molecule has 3 aromatic carbocycles. The highest BCUT2D eigenvalue weighted by molar-refractivity contribution is 6.46. The summed E-state index contributed by atoms with van der Waals surface area (Å²) in [7, 11) is 1.59. The number of carbonyl (C=O) groups is 2. The minimum Gasteiger partial charge on any atom is -0.507 e. The van der Waals surface area contributed by atoms with Gasteiger partial charge in [-0.1, -0.05) is 72.3 Å². The molecular weight excluding hydrogens is 442 g/mol. The van der Waals surface area contributed by atoms with Crippen molar-refractivity contribution in [2.75, 3.05) is 20.3 Å². The molecule has 0 spiro atoms. The van der Waals surface area contributed by atoms with Crippen molar-refractivity contribution in [3.8, 4) is 5.75 Å². The predicted octanol–water partition coefficient (Wildman–Crippen LogP) is 5.03. The summed E-state index contributed by atoms with van der Waals surface area (Å²) < 4.78 is 11.1. The topological polar surface area (TPSA) is 76.1 Å². The molecule has 1 fully saturated rings. The van der Waals surface area contributed by atoms with Gasteiger partial charge in [0.15, 0.2) is 0 Å². The fourth-order valence-electron chi connectivity index (χ4n) is 4.22. The zero-order chi connectivity index (χ0) is 24.8. The van der Waals surface area contributed by atoms with Crippen molar-refractivity contribution in [3.63, 3.8) is 0 Å². The second-order valence-electron chi connectivity index (χ2n) is 8.55. The molecule has 1 heterocycles. The van der Waals surface area contributed by atoms with Gasteiger partial charge in [0.05, 0.1) is 11.6 Å². The summed E-state index contributed by atoms with van der Waals surface area (Å²) in [6.45, 7) is 3.11. The third kappa shape index (κ3) is 5.44. The molecule has 1 amide bonds. The number of carbonyl (C=O) groups excluding carboxylic acids is 2. The average Bonchev–Trinajstić information content (AvgIpc) is 3.13. The number of hydrogen-bond acceptors (Lipinski definition) is 5. The summed E-state index contributed by atoms with van der Waals surface area (Å²) in [6, 6.07) is 23.6. The highest BCUT2D eigenvalue weighted by Crippen LogP contribution is 2.40. The molecule has 4 rings (SSSR count). The van der Waals surface area contributed by atoms with E-state index in [1.165, 1.54) is 4.90 Å². The molecule has 35 heavy (non-hydrogen) atoms. The first-order valence-electron chi connectivity index (χ1n) is 11.6. The highest BCUT2D eigenvalue weighted by atomic mass is 16.5. The van der Waals surface area contributed by atoms with Gasteiger partial charge in [-0.3, -0.25) is 9.59 Å². The first-order chi connectivity index (χ1) is 17.0. The number of benzene rings is 3. The van der Waals surface area contributed by atoms with E-state index in [0.717, 1.165) is 11.1 Å². The molecule has 1 N–H and O–H groups in total. The van der Waals surface area contributed by atoms with Crippen LogP contribution in [0.4, 0.5) is 0 Å². The molecule has 1 aliphatic heterocycles. The van der Waals surface area contributed by atoms with Crippen molar-refractivity contribution < 1.29 is 24.2 Å². The average molecular weight is 472 g/mol. The van der Waals surface area contributed by atoms with Crippen LogP contribution in [-0.4, -0.2) is 42.0 Å². The molecule has 0 bridgehead atoms. The van der Waals surface area contributed by atoms with Crippen molar-refractivity contribution in [1.29, 1.82) is 0 Å². The summed E-state index contributed by atoms with van der Waals surface area (Å²) in [6.07, 6.45) is 0.564. The lowest BCUT2D eigenvalue weighted by Gasteiger charge is -2.25. The Labute approximate surface area is 205 Å². The number of methoxy groups -OCH3 is 1. The summed E-state index contributed by atoms with van der Waals surface area (Å²) in [5.41, 5.74) is 3.33. The van der Waals surface area contributed by atoms with Crippen molar-refractivity contribution in [3.05, 3.63) is 107 Å². The third-order valence-electron chi connectivity index (χ3n) is 6.03. The number of ether oxygens (including phenoxy) is 2. The van der Waals surface area contributed by atoms with E-state index in [1.807, 2.05) is 73.7 Å². The summed E-state index contributed by atoms with van der Waals surface area (Å²) in [4.78, 5) is 27.7. The van der Waals surface area contributed by atoms with E-state index >= 15 is 0 Å². The van der Waals surface area contributed by atoms with E-state index in [-0.39, 0.29) is 11.3 Å². The van der Waals surface area contributed by atoms with Gasteiger partial charge in [0.25, 0.3) is 11.7 Å². The SMILES string of the molecule is COCCCN1C(=O)C(=O)/C(=C(\O)c2ccc(C)cc2)C1c1cccc(OCc2ccccc2)c1. The van der Waals surface area contributed by atoms with Crippen LogP contribution in [0.3, 0.4) is 0 Å². The number of ketones is 1. The van der Waals surface area contributed by atoms with Crippen LogP contribution in [0.2, 0.25) is 0 Å². The summed E-state index contributed by atoms with van der Waals surface area (Å²) in [5, 5.41) is 11.2. The minimum atomic E-state index is -0.728. The molecule has 1 saturated heterocycles.